The third-order valence-corrected chi connectivity index (χ3v) is 6.31. The highest BCUT2D eigenvalue weighted by atomic mass is 35.5. The topological polar surface area (TPSA) is 87.7 Å². The number of hydrogen-bond donors (Lipinski definition) is 2. The number of nitrogens with zero attached hydrogens (tertiary/aromatic N) is 1. The Kier molecular flexibility index (Phi) is 8.79. The number of carbonyl (C=O) groups excluding carboxylic acids is 3. The molecule has 0 radical (unpaired) electrons. The number of nitrogens with one attached hydrogen (secondary N) is 2. The Hall–Kier alpha value is -3.32. The minimum atomic E-state index is -0.932. The van der Waals surface area contributed by atoms with Crippen LogP contribution in [0.2, 0.25) is 5.02 Å². The number of rotatable bonds is 8. The maximum atomic E-state index is 13.8. The number of amides is 3. The second-order valence-electron chi connectivity index (χ2n) is 9.94. The Morgan fingerprint density at radius 2 is 1.89 bits per heavy atom. The third kappa shape index (κ3) is 6.88. The van der Waals surface area contributed by atoms with Crippen LogP contribution < -0.4 is 10.6 Å². The van der Waals surface area contributed by atoms with Crippen molar-refractivity contribution >= 4 is 41.3 Å². The van der Waals surface area contributed by atoms with Crippen LogP contribution in [-0.2, 0) is 14.3 Å². The summed E-state index contributed by atoms with van der Waals surface area (Å²) in [5, 5.41) is 5.90. The second-order valence-corrected chi connectivity index (χ2v) is 10.3. The van der Waals surface area contributed by atoms with Gasteiger partial charge in [-0.25, -0.2) is 4.79 Å². The van der Waals surface area contributed by atoms with Crippen molar-refractivity contribution in [1.82, 2.24) is 10.2 Å². The Labute approximate surface area is 217 Å². The molecule has 2 N–H and O–H groups in total. The van der Waals surface area contributed by atoms with E-state index in [4.69, 9.17) is 16.3 Å². The molecule has 0 heterocycles. The molecule has 1 aliphatic carbocycles. The number of ether oxygens (including phenoxy) is 1. The summed E-state index contributed by atoms with van der Waals surface area (Å²) in [7, 11) is 0. The van der Waals surface area contributed by atoms with Crippen LogP contribution in [0.4, 0.5) is 10.5 Å². The van der Waals surface area contributed by atoms with E-state index in [1.165, 1.54) is 0 Å². The summed E-state index contributed by atoms with van der Waals surface area (Å²) >= 11 is 6.38. The minimum Gasteiger partial charge on any atom is -0.444 e. The molecule has 1 unspecified atom stereocenters. The fourth-order valence-electron chi connectivity index (χ4n) is 4.05. The summed E-state index contributed by atoms with van der Waals surface area (Å²) in [5.74, 6) is -0.754. The number of para-hydroxylation sites is 1. The van der Waals surface area contributed by atoms with E-state index in [9.17, 15) is 14.4 Å². The van der Waals surface area contributed by atoms with Gasteiger partial charge in [0.05, 0.1) is 10.7 Å². The van der Waals surface area contributed by atoms with Crippen LogP contribution in [0.1, 0.15) is 62.8 Å². The predicted octanol–water partition coefficient (Wildman–Crippen LogP) is 5.88. The summed E-state index contributed by atoms with van der Waals surface area (Å²) < 4.78 is 5.27. The van der Waals surface area contributed by atoms with Crippen molar-refractivity contribution in [3.8, 4) is 0 Å². The van der Waals surface area contributed by atoms with Gasteiger partial charge in [0.2, 0.25) is 5.91 Å². The average Bonchev–Trinajstić information content (AvgIpc) is 2.77. The Balaban J connectivity index is 1.96. The van der Waals surface area contributed by atoms with E-state index in [1.807, 2.05) is 43.3 Å². The largest absolute Gasteiger partial charge is 0.444 e. The van der Waals surface area contributed by atoms with Crippen molar-refractivity contribution < 1.29 is 19.1 Å². The molecule has 0 aromatic heterocycles. The van der Waals surface area contributed by atoms with Gasteiger partial charge in [-0.15, -0.1) is 0 Å². The van der Waals surface area contributed by atoms with Gasteiger partial charge in [0.1, 0.15) is 18.2 Å². The number of anilines is 1. The third-order valence-electron chi connectivity index (χ3n) is 6.00. The summed E-state index contributed by atoms with van der Waals surface area (Å²) in [6.45, 7) is 10.6. The first-order valence-electron chi connectivity index (χ1n) is 12.1. The average molecular weight is 512 g/mol. The summed E-state index contributed by atoms with van der Waals surface area (Å²) in [4.78, 5) is 41.2. The normalized spacial score (nSPS) is 14.2. The van der Waals surface area contributed by atoms with E-state index in [2.05, 4.69) is 17.2 Å². The van der Waals surface area contributed by atoms with Crippen LogP contribution >= 0.6 is 11.6 Å². The molecule has 36 heavy (non-hydrogen) atoms. The van der Waals surface area contributed by atoms with Gasteiger partial charge in [0.15, 0.2) is 0 Å². The zero-order chi connectivity index (χ0) is 26.5. The van der Waals surface area contributed by atoms with Crippen LogP contribution in [0.5, 0.6) is 0 Å². The summed E-state index contributed by atoms with van der Waals surface area (Å²) in [6.07, 6.45) is 3.50. The summed E-state index contributed by atoms with van der Waals surface area (Å²) in [5.41, 5.74) is 2.09. The van der Waals surface area contributed by atoms with Gasteiger partial charge in [-0.1, -0.05) is 54.6 Å². The first kappa shape index (κ1) is 27.3. The zero-order valence-electron chi connectivity index (χ0n) is 21.3. The molecular formula is C28H34ClN3O4. The van der Waals surface area contributed by atoms with E-state index in [0.29, 0.717) is 16.3 Å². The predicted molar refractivity (Wildman–Crippen MR) is 143 cm³/mol. The smallest absolute Gasteiger partial charge is 0.408 e. The molecule has 192 valence electrons. The standard InChI is InChI=1S/C28H34ClN3O4/c1-6-19-11-8-12-20(16-19)25(26(34)31-24-18(2)10-7-15-22(24)29)32(21-13-9-14-21)23(33)17-30-27(35)36-28(3,4)5/h6-8,10-12,15-16,21,25H,1,9,13-14,17H2,2-5H3,(H,30,35)(H,31,34). The van der Waals surface area contributed by atoms with Crippen molar-refractivity contribution in [3.05, 3.63) is 70.8 Å². The first-order valence-corrected chi connectivity index (χ1v) is 12.4. The minimum absolute atomic E-state index is 0.131. The van der Waals surface area contributed by atoms with Crippen molar-refractivity contribution in [1.29, 1.82) is 0 Å². The molecular weight excluding hydrogens is 478 g/mol. The lowest BCUT2D eigenvalue weighted by Gasteiger charge is -2.42. The lowest BCUT2D eigenvalue weighted by Crippen LogP contribution is -2.53. The Morgan fingerprint density at radius 3 is 2.47 bits per heavy atom. The van der Waals surface area contributed by atoms with Crippen LogP contribution in [0, 0.1) is 6.92 Å². The fourth-order valence-corrected chi connectivity index (χ4v) is 4.32. The lowest BCUT2D eigenvalue weighted by molar-refractivity contribution is -0.143. The molecule has 1 atom stereocenters. The number of alkyl carbamates (subject to hydrolysis) is 1. The first-order chi connectivity index (χ1) is 17.0. The highest BCUT2D eigenvalue weighted by molar-refractivity contribution is 6.34. The van der Waals surface area contributed by atoms with Gasteiger partial charge in [-0.05, 0) is 75.8 Å². The van der Waals surface area contributed by atoms with E-state index in [1.54, 1.807) is 37.8 Å². The van der Waals surface area contributed by atoms with Crippen LogP contribution in [-0.4, -0.2) is 41.0 Å². The number of carbonyl (C=O) groups is 3. The second kappa shape index (κ2) is 11.6. The lowest BCUT2D eigenvalue weighted by atomic mass is 9.88. The fraction of sp³-hybridized carbons (Fsp3) is 0.393. The molecule has 1 saturated carbocycles. The van der Waals surface area contributed by atoms with Gasteiger partial charge in [-0.2, -0.15) is 0 Å². The van der Waals surface area contributed by atoms with Crippen molar-refractivity contribution in [2.24, 2.45) is 0 Å². The Morgan fingerprint density at radius 1 is 1.19 bits per heavy atom. The molecule has 0 aliphatic heterocycles. The zero-order valence-corrected chi connectivity index (χ0v) is 22.0. The number of halogens is 1. The number of aryl methyl sites for hydroxylation is 1. The van der Waals surface area contributed by atoms with Gasteiger partial charge < -0.3 is 20.3 Å². The van der Waals surface area contributed by atoms with E-state index < -0.39 is 17.7 Å². The Bertz CT molecular complexity index is 1120. The van der Waals surface area contributed by atoms with Crippen LogP contribution in [0.25, 0.3) is 6.08 Å². The molecule has 1 fully saturated rings. The van der Waals surface area contributed by atoms with Gasteiger partial charge in [-0.3, -0.25) is 9.59 Å². The highest BCUT2D eigenvalue weighted by Crippen LogP contribution is 2.35. The van der Waals surface area contributed by atoms with E-state index in [0.717, 1.165) is 30.4 Å². The monoisotopic (exact) mass is 511 g/mol. The van der Waals surface area contributed by atoms with Crippen LogP contribution in [0.3, 0.4) is 0 Å². The van der Waals surface area contributed by atoms with Gasteiger partial charge >= 0.3 is 6.09 Å². The quantitative estimate of drug-likeness (QED) is 0.463. The molecule has 0 spiro atoms. The molecule has 8 heteroatoms. The number of benzene rings is 2. The van der Waals surface area contributed by atoms with Crippen LogP contribution in [0.15, 0.2) is 49.0 Å². The molecule has 3 rings (SSSR count). The maximum absolute atomic E-state index is 13.8. The molecule has 0 bridgehead atoms. The van der Waals surface area contributed by atoms with Crippen molar-refractivity contribution in [2.45, 2.75) is 64.6 Å². The van der Waals surface area contributed by atoms with Gasteiger partial charge in [0.25, 0.3) is 5.91 Å². The molecule has 7 nitrogen and oxygen atoms in total. The molecule has 1 aliphatic rings. The number of hydrogen-bond acceptors (Lipinski definition) is 4. The van der Waals surface area contributed by atoms with Crippen molar-refractivity contribution in [2.75, 3.05) is 11.9 Å². The molecule has 0 saturated heterocycles. The molecule has 2 aromatic carbocycles. The highest BCUT2D eigenvalue weighted by Gasteiger charge is 2.39. The maximum Gasteiger partial charge on any atom is 0.408 e. The van der Waals surface area contributed by atoms with E-state index >= 15 is 0 Å². The molecule has 2 aromatic rings. The van der Waals surface area contributed by atoms with Crippen molar-refractivity contribution in [3.63, 3.8) is 0 Å². The SMILES string of the molecule is C=Cc1cccc(C(C(=O)Nc2c(C)cccc2Cl)N(C(=O)CNC(=O)OC(C)(C)C)C2CCC2)c1. The summed E-state index contributed by atoms with van der Waals surface area (Å²) in [6, 6.07) is 11.7. The van der Waals surface area contributed by atoms with Gasteiger partial charge in [0, 0.05) is 6.04 Å². The molecule has 3 amide bonds. The van der Waals surface area contributed by atoms with E-state index in [-0.39, 0.29) is 24.4 Å².